The second-order valence-corrected chi connectivity index (χ2v) is 9.82. The fourth-order valence-electron chi connectivity index (χ4n) is 4.15. The van der Waals surface area contributed by atoms with Gasteiger partial charge in [0.2, 0.25) is 10.9 Å². The number of thiazole rings is 1. The number of hydrogen-bond acceptors (Lipinski definition) is 7. The summed E-state index contributed by atoms with van der Waals surface area (Å²) in [4.78, 5) is 24.3. The molecule has 0 spiro atoms. The van der Waals surface area contributed by atoms with Crippen molar-refractivity contribution in [1.29, 1.82) is 0 Å². The lowest BCUT2D eigenvalue weighted by Crippen LogP contribution is -2.54. The van der Waals surface area contributed by atoms with Crippen LogP contribution in [0.15, 0.2) is 24.3 Å². The number of aromatic nitrogens is 4. The number of benzene rings is 1. The number of piperazine rings is 1. The lowest BCUT2D eigenvalue weighted by atomic mass is 10.1. The fourth-order valence-corrected chi connectivity index (χ4v) is 5.14. The van der Waals surface area contributed by atoms with Crippen LogP contribution in [0, 0.1) is 13.8 Å². The van der Waals surface area contributed by atoms with Gasteiger partial charge in [-0.15, -0.1) is 0 Å². The number of aryl methyl sites for hydroxylation is 2. The van der Waals surface area contributed by atoms with E-state index in [2.05, 4.69) is 19.8 Å². The van der Waals surface area contributed by atoms with E-state index in [1.54, 1.807) is 23.6 Å². The van der Waals surface area contributed by atoms with E-state index in [4.69, 9.17) is 0 Å². The number of ether oxygens (including phenoxy) is 1. The van der Waals surface area contributed by atoms with Crippen LogP contribution in [0.1, 0.15) is 23.6 Å². The first-order chi connectivity index (χ1) is 17.7. The SMILES string of the molecule is Cc1nc(C)n(CC(=O)N2CCN(c3sc(C(F)(F)F)nc3-c3ccc(OCC(F)(F)F)cc3)C[C@H]2C)n1. The molecular formula is C23H24F6N6O2S. The third-order valence-electron chi connectivity index (χ3n) is 5.86. The molecule has 0 N–H and O–H groups in total. The lowest BCUT2D eigenvalue weighted by Gasteiger charge is -2.40. The van der Waals surface area contributed by atoms with Crippen LogP contribution >= 0.6 is 11.3 Å². The number of amides is 1. The largest absolute Gasteiger partial charge is 0.484 e. The van der Waals surface area contributed by atoms with E-state index in [1.807, 2.05) is 6.92 Å². The first-order valence-electron chi connectivity index (χ1n) is 11.5. The van der Waals surface area contributed by atoms with Crippen molar-refractivity contribution in [2.45, 2.75) is 45.7 Å². The predicted molar refractivity (Wildman–Crippen MR) is 127 cm³/mol. The molecule has 1 aliphatic heterocycles. The number of nitrogens with zero attached hydrogens (tertiary/aromatic N) is 6. The summed E-state index contributed by atoms with van der Waals surface area (Å²) in [5.41, 5.74) is 0.361. The molecule has 0 bridgehead atoms. The molecule has 3 heterocycles. The lowest BCUT2D eigenvalue weighted by molar-refractivity contribution is -0.153. The van der Waals surface area contributed by atoms with Crippen molar-refractivity contribution in [3.8, 4) is 17.0 Å². The Labute approximate surface area is 217 Å². The summed E-state index contributed by atoms with van der Waals surface area (Å²) in [6, 6.07) is 4.94. The molecule has 15 heteroatoms. The van der Waals surface area contributed by atoms with Crippen molar-refractivity contribution in [1.82, 2.24) is 24.6 Å². The Hall–Kier alpha value is -3.36. The van der Waals surface area contributed by atoms with Crippen LogP contribution in [0.25, 0.3) is 11.3 Å². The van der Waals surface area contributed by atoms with Gasteiger partial charge in [-0.05, 0) is 45.0 Å². The second-order valence-electron chi connectivity index (χ2n) is 8.84. The van der Waals surface area contributed by atoms with Gasteiger partial charge < -0.3 is 14.5 Å². The Morgan fingerprint density at radius 3 is 2.32 bits per heavy atom. The first-order valence-corrected chi connectivity index (χ1v) is 12.3. The number of anilines is 1. The van der Waals surface area contributed by atoms with Gasteiger partial charge in [0.05, 0.1) is 0 Å². The number of carbonyl (C=O) groups excluding carboxylic acids is 1. The van der Waals surface area contributed by atoms with Crippen molar-refractivity contribution in [2.75, 3.05) is 31.1 Å². The quantitative estimate of drug-likeness (QED) is 0.405. The van der Waals surface area contributed by atoms with Gasteiger partial charge in [0.1, 0.15) is 34.6 Å². The zero-order valence-corrected chi connectivity index (χ0v) is 21.4. The van der Waals surface area contributed by atoms with E-state index in [-0.39, 0.29) is 54.6 Å². The van der Waals surface area contributed by atoms with Crippen molar-refractivity contribution >= 4 is 22.2 Å². The summed E-state index contributed by atoms with van der Waals surface area (Å²) >= 11 is 0.489. The van der Waals surface area contributed by atoms with Gasteiger partial charge in [0, 0.05) is 31.2 Å². The Bertz CT molecular complexity index is 1290. The number of alkyl halides is 6. The molecule has 1 aromatic carbocycles. The van der Waals surface area contributed by atoms with Crippen LogP contribution in [-0.4, -0.2) is 69.0 Å². The highest BCUT2D eigenvalue weighted by Crippen LogP contribution is 2.43. The molecule has 1 amide bonds. The number of rotatable bonds is 6. The summed E-state index contributed by atoms with van der Waals surface area (Å²) in [6.07, 6.45) is -9.19. The second kappa shape index (κ2) is 10.4. The van der Waals surface area contributed by atoms with Crippen LogP contribution < -0.4 is 9.64 Å². The predicted octanol–water partition coefficient (Wildman–Crippen LogP) is 4.72. The maximum atomic E-state index is 13.6. The zero-order valence-electron chi connectivity index (χ0n) is 20.6. The average molecular weight is 563 g/mol. The Morgan fingerprint density at radius 1 is 1.08 bits per heavy atom. The van der Waals surface area contributed by atoms with Gasteiger partial charge in [-0.25, -0.2) is 14.6 Å². The number of halogens is 6. The third-order valence-corrected chi connectivity index (χ3v) is 7.03. The molecule has 1 fully saturated rings. The zero-order chi connectivity index (χ0) is 27.8. The van der Waals surface area contributed by atoms with E-state index in [1.165, 1.54) is 28.9 Å². The van der Waals surface area contributed by atoms with E-state index in [0.717, 1.165) is 0 Å². The van der Waals surface area contributed by atoms with Gasteiger partial charge >= 0.3 is 12.4 Å². The van der Waals surface area contributed by atoms with Crippen molar-refractivity contribution in [3.63, 3.8) is 0 Å². The summed E-state index contributed by atoms with van der Waals surface area (Å²) < 4.78 is 84.1. The molecule has 8 nitrogen and oxygen atoms in total. The van der Waals surface area contributed by atoms with E-state index < -0.39 is 24.0 Å². The molecule has 4 rings (SSSR count). The summed E-state index contributed by atoms with van der Waals surface area (Å²) in [6.45, 7) is 4.60. The highest BCUT2D eigenvalue weighted by molar-refractivity contribution is 7.16. The highest BCUT2D eigenvalue weighted by atomic mass is 32.1. The summed E-state index contributed by atoms with van der Waals surface area (Å²) in [5, 5.41) is 3.43. The molecule has 0 radical (unpaired) electrons. The molecule has 0 saturated carbocycles. The molecule has 1 saturated heterocycles. The average Bonchev–Trinajstić information content (AvgIpc) is 3.40. The van der Waals surface area contributed by atoms with Crippen LogP contribution in [0.5, 0.6) is 5.75 Å². The smallest absolute Gasteiger partial charge is 0.443 e. The molecular weight excluding hydrogens is 538 g/mol. The van der Waals surface area contributed by atoms with Gasteiger partial charge in [-0.1, -0.05) is 11.3 Å². The maximum absolute atomic E-state index is 13.6. The molecule has 2 aromatic heterocycles. The van der Waals surface area contributed by atoms with Gasteiger partial charge in [-0.2, -0.15) is 31.4 Å². The molecule has 0 aliphatic carbocycles. The van der Waals surface area contributed by atoms with Gasteiger partial charge in [-0.3, -0.25) is 4.79 Å². The van der Waals surface area contributed by atoms with Crippen molar-refractivity contribution < 1.29 is 35.9 Å². The molecule has 1 atom stereocenters. The first kappa shape index (κ1) is 27.7. The van der Waals surface area contributed by atoms with Gasteiger partial charge in [0.15, 0.2) is 6.61 Å². The molecule has 0 unspecified atom stereocenters. The highest BCUT2D eigenvalue weighted by Gasteiger charge is 2.38. The standard InChI is InChI=1S/C23H24F6N6O2S/c1-13-10-33(8-9-34(13)18(36)11-35-15(3)30-14(2)32-35)20-19(31-21(38-20)23(27,28)29)16-4-6-17(7-5-16)37-12-22(24,25)26/h4-7,13H,8-12H2,1-3H3/t13-/m1/s1. The van der Waals surface area contributed by atoms with Crippen molar-refractivity contribution in [2.24, 2.45) is 0 Å². The minimum absolute atomic E-state index is 0.00377. The molecule has 1 aliphatic rings. The van der Waals surface area contributed by atoms with Crippen LogP contribution in [0.2, 0.25) is 0 Å². The Morgan fingerprint density at radius 2 is 1.76 bits per heavy atom. The minimum Gasteiger partial charge on any atom is -0.484 e. The van der Waals surface area contributed by atoms with E-state index in [9.17, 15) is 31.1 Å². The third kappa shape index (κ3) is 6.37. The topological polar surface area (TPSA) is 76.4 Å². The van der Waals surface area contributed by atoms with E-state index >= 15 is 0 Å². The van der Waals surface area contributed by atoms with Crippen LogP contribution in [0.3, 0.4) is 0 Å². The normalized spacial score (nSPS) is 16.7. The van der Waals surface area contributed by atoms with Crippen LogP contribution in [0.4, 0.5) is 31.3 Å². The number of hydrogen-bond donors (Lipinski definition) is 0. The van der Waals surface area contributed by atoms with Gasteiger partial charge in [0.25, 0.3) is 0 Å². The Balaban J connectivity index is 1.53. The Kier molecular flexibility index (Phi) is 7.59. The number of carbonyl (C=O) groups is 1. The maximum Gasteiger partial charge on any atom is 0.443 e. The fraction of sp³-hybridized carbons (Fsp3) is 0.478. The van der Waals surface area contributed by atoms with E-state index in [0.29, 0.717) is 28.5 Å². The molecule has 206 valence electrons. The minimum atomic E-state index is -4.68. The van der Waals surface area contributed by atoms with Crippen LogP contribution in [-0.2, 0) is 17.5 Å². The van der Waals surface area contributed by atoms with Crippen molar-refractivity contribution in [3.05, 3.63) is 40.9 Å². The summed E-state index contributed by atoms with van der Waals surface area (Å²) in [7, 11) is 0. The monoisotopic (exact) mass is 562 g/mol. The molecule has 38 heavy (non-hydrogen) atoms. The molecule has 3 aromatic rings. The summed E-state index contributed by atoms with van der Waals surface area (Å²) in [5.74, 6) is 0.898.